The molecule has 8 nitrogen and oxygen atoms in total. The summed E-state index contributed by atoms with van der Waals surface area (Å²) >= 11 is 0. The predicted octanol–water partition coefficient (Wildman–Crippen LogP) is 1.54. The number of esters is 2. The molecule has 0 aromatic heterocycles. The van der Waals surface area contributed by atoms with Crippen molar-refractivity contribution in [2.75, 3.05) is 27.4 Å². The Hall–Kier alpha value is -2.86. The van der Waals surface area contributed by atoms with E-state index in [-0.39, 0.29) is 37.7 Å². The number of isocyanates is 1. The summed E-state index contributed by atoms with van der Waals surface area (Å²) in [6.45, 7) is 0.204. The quantitative estimate of drug-likeness (QED) is 0.386. The Morgan fingerprint density at radius 2 is 1.65 bits per heavy atom. The standard InChI is InChI=1S/C15H17NO7/c1-20-14(18)5-7-22-11-3-4-13(12(9-11)16-10-17)23-8-6-15(19)21-2/h3-4,9H,5-8H2,1-2H3. The minimum atomic E-state index is -0.409. The van der Waals surface area contributed by atoms with Gasteiger partial charge in [-0.1, -0.05) is 0 Å². The minimum absolute atomic E-state index is 0.0676. The molecule has 0 atom stereocenters. The van der Waals surface area contributed by atoms with Crippen LogP contribution in [0.4, 0.5) is 5.69 Å². The molecule has 0 aliphatic heterocycles. The van der Waals surface area contributed by atoms with Crippen LogP contribution in [-0.2, 0) is 23.9 Å². The molecule has 0 aliphatic carbocycles. The topological polar surface area (TPSA) is 100 Å². The number of carbonyl (C=O) groups is 2. The molecule has 23 heavy (non-hydrogen) atoms. The lowest BCUT2D eigenvalue weighted by Gasteiger charge is -2.10. The zero-order chi connectivity index (χ0) is 17.1. The maximum Gasteiger partial charge on any atom is 0.308 e. The second-order valence-corrected chi connectivity index (χ2v) is 4.18. The first-order valence-electron chi connectivity index (χ1n) is 6.72. The van der Waals surface area contributed by atoms with Crippen molar-refractivity contribution in [1.29, 1.82) is 0 Å². The summed E-state index contributed by atoms with van der Waals surface area (Å²) < 4.78 is 19.7. The zero-order valence-corrected chi connectivity index (χ0v) is 12.9. The van der Waals surface area contributed by atoms with Crippen LogP contribution in [0.3, 0.4) is 0 Å². The molecule has 0 saturated carbocycles. The van der Waals surface area contributed by atoms with E-state index in [2.05, 4.69) is 14.5 Å². The number of carbonyl (C=O) groups excluding carboxylic acids is 3. The van der Waals surface area contributed by atoms with Crippen molar-refractivity contribution >= 4 is 23.7 Å². The Bertz CT molecular complexity index is 593. The maximum atomic E-state index is 11.0. The van der Waals surface area contributed by atoms with E-state index in [0.717, 1.165) is 0 Å². The average molecular weight is 323 g/mol. The molecule has 0 spiro atoms. The molecule has 0 bridgehead atoms. The van der Waals surface area contributed by atoms with Crippen molar-refractivity contribution in [2.45, 2.75) is 12.8 Å². The van der Waals surface area contributed by atoms with Crippen LogP contribution in [0.25, 0.3) is 0 Å². The zero-order valence-electron chi connectivity index (χ0n) is 12.9. The highest BCUT2D eigenvalue weighted by atomic mass is 16.5. The Kier molecular flexibility index (Phi) is 7.88. The number of hydrogen-bond acceptors (Lipinski definition) is 8. The van der Waals surface area contributed by atoms with Crippen molar-refractivity contribution in [3.05, 3.63) is 18.2 Å². The number of methoxy groups -OCH3 is 2. The summed E-state index contributed by atoms with van der Waals surface area (Å²) in [5.41, 5.74) is 0.209. The first-order chi connectivity index (χ1) is 11.1. The van der Waals surface area contributed by atoms with Crippen LogP contribution < -0.4 is 9.47 Å². The molecule has 8 heteroatoms. The average Bonchev–Trinajstić information content (AvgIpc) is 2.56. The van der Waals surface area contributed by atoms with E-state index < -0.39 is 5.97 Å². The molecular formula is C15H17NO7. The molecule has 0 aliphatic rings. The molecule has 0 amide bonds. The summed E-state index contributed by atoms with van der Waals surface area (Å²) in [4.78, 5) is 36.0. The Balaban J connectivity index is 2.67. The van der Waals surface area contributed by atoms with Gasteiger partial charge in [0.1, 0.15) is 17.2 Å². The van der Waals surface area contributed by atoms with Gasteiger partial charge in [0.25, 0.3) is 0 Å². The van der Waals surface area contributed by atoms with E-state index in [0.29, 0.717) is 11.5 Å². The Labute approximate surface area is 133 Å². The van der Waals surface area contributed by atoms with Crippen molar-refractivity contribution in [3.63, 3.8) is 0 Å². The first-order valence-corrected chi connectivity index (χ1v) is 6.72. The highest BCUT2D eigenvalue weighted by Crippen LogP contribution is 2.31. The van der Waals surface area contributed by atoms with E-state index >= 15 is 0 Å². The van der Waals surface area contributed by atoms with Crippen LogP contribution in [-0.4, -0.2) is 45.5 Å². The van der Waals surface area contributed by atoms with Crippen molar-refractivity contribution in [2.24, 2.45) is 4.99 Å². The first kappa shape index (κ1) is 18.2. The van der Waals surface area contributed by atoms with Gasteiger partial charge in [0.05, 0.1) is 40.3 Å². The fourth-order valence-electron chi connectivity index (χ4n) is 1.55. The summed E-state index contributed by atoms with van der Waals surface area (Å²) in [6, 6.07) is 4.60. The van der Waals surface area contributed by atoms with Gasteiger partial charge in [-0.25, -0.2) is 4.79 Å². The van der Waals surface area contributed by atoms with E-state index in [9.17, 15) is 14.4 Å². The van der Waals surface area contributed by atoms with Crippen molar-refractivity contribution in [1.82, 2.24) is 0 Å². The summed E-state index contributed by atoms with van der Waals surface area (Å²) in [7, 11) is 2.57. The molecule has 1 aromatic carbocycles. The van der Waals surface area contributed by atoms with Gasteiger partial charge in [-0.2, -0.15) is 4.99 Å². The largest absolute Gasteiger partial charge is 0.493 e. The van der Waals surface area contributed by atoms with Crippen LogP contribution in [0.5, 0.6) is 11.5 Å². The smallest absolute Gasteiger partial charge is 0.308 e. The van der Waals surface area contributed by atoms with Gasteiger partial charge in [-0.05, 0) is 12.1 Å². The predicted molar refractivity (Wildman–Crippen MR) is 78.5 cm³/mol. The summed E-state index contributed by atoms with van der Waals surface area (Å²) in [5, 5.41) is 0. The van der Waals surface area contributed by atoms with Gasteiger partial charge in [-0.3, -0.25) is 9.59 Å². The second kappa shape index (κ2) is 9.97. The third kappa shape index (κ3) is 6.62. The van der Waals surface area contributed by atoms with Gasteiger partial charge in [0.15, 0.2) is 0 Å². The molecule has 0 radical (unpaired) electrons. The molecule has 124 valence electrons. The highest BCUT2D eigenvalue weighted by molar-refractivity contribution is 5.69. The number of benzene rings is 1. The SMILES string of the molecule is COC(=O)CCOc1ccc(OCCC(=O)OC)c(N=C=O)c1. The molecule has 0 heterocycles. The van der Waals surface area contributed by atoms with E-state index in [1.165, 1.54) is 26.4 Å². The molecule has 0 saturated heterocycles. The van der Waals surface area contributed by atoms with Crippen LogP contribution in [0.1, 0.15) is 12.8 Å². The van der Waals surface area contributed by atoms with Gasteiger partial charge < -0.3 is 18.9 Å². The summed E-state index contributed by atoms with van der Waals surface area (Å²) in [5.74, 6) is -0.0899. The molecule has 1 rings (SSSR count). The van der Waals surface area contributed by atoms with Crippen LogP contribution in [0, 0.1) is 0 Å². The molecule has 0 fully saturated rings. The molecule has 0 unspecified atom stereocenters. The van der Waals surface area contributed by atoms with Crippen LogP contribution in [0.15, 0.2) is 23.2 Å². The fraction of sp³-hybridized carbons (Fsp3) is 0.400. The third-order valence-electron chi connectivity index (χ3n) is 2.69. The minimum Gasteiger partial charge on any atom is -0.493 e. The van der Waals surface area contributed by atoms with Crippen LogP contribution >= 0.6 is 0 Å². The molecular weight excluding hydrogens is 306 g/mol. The normalized spacial score (nSPS) is 9.48. The monoisotopic (exact) mass is 323 g/mol. The lowest BCUT2D eigenvalue weighted by molar-refractivity contribution is -0.142. The van der Waals surface area contributed by atoms with E-state index in [4.69, 9.17) is 9.47 Å². The summed E-state index contributed by atoms with van der Waals surface area (Å²) in [6.07, 6.45) is 1.58. The number of nitrogens with zero attached hydrogens (tertiary/aromatic N) is 1. The Morgan fingerprint density at radius 3 is 2.22 bits per heavy atom. The molecule has 1 aromatic rings. The number of rotatable bonds is 9. The van der Waals surface area contributed by atoms with Crippen LogP contribution in [0.2, 0.25) is 0 Å². The van der Waals surface area contributed by atoms with Gasteiger partial charge in [0.2, 0.25) is 6.08 Å². The number of hydrogen-bond donors (Lipinski definition) is 0. The van der Waals surface area contributed by atoms with Gasteiger partial charge in [-0.15, -0.1) is 0 Å². The second-order valence-electron chi connectivity index (χ2n) is 4.18. The van der Waals surface area contributed by atoms with Crippen molar-refractivity contribution < 1.29 is 33.3 Å². The lowest BCUT2D eigenvalue weighted by Crippen LogP contribution is -2.08. The number of ether oxygens (including phenoxy) is 4. The van der Waals surface area contributed by atoms with Crippen molar-refractivity contribution in [3.8, 4) is 11.5 Å². The number of aliphatic imine (C=N–C) groups is 1. The Morgan fingerprint density at radius 1 is 1.04 bits per heavy atom. The van der Waals surface area contributed by atoms with Gasteiger partial charge in [0, 0.05) is 6.07 Å². The highest BCUT2D eigenvalue weighted by Gasteiger charge is 2.08. The lowest BCUT2D eigenvalue weighted by atomic mass is 10.2. The van der Waals surface area contributed by atoms with E-state index in [1.54, 1.807) is 12.1 Å². The maximum absolute atomic E-state index is 11.0. The fourth-order valence-corrected chi connectivity index (χ4v) is 1.55. The van der Waals surface area contributed by atoms with Gasteiger partial charge >= 0.3 is 11.9 Å². The van der Waals surface area contributed by atoms with E-state index in [1.807, 2.05) is 0 Å². The molecule has 0 N–H and O–H groups in total. The third-order valence-corrected chi connectivity index (χ3v) is 2.69.